The van der Waals surface area contributed by atoms with Crippen LogP contribution in [0, 0.1) is 0 Å². The fraction of sp³-hybridized carbons (Fsp3) is 0.667. The molecule has 90 valence electrons. The van der Waals surface area contributed by atoms with Gasteiger partial charge in [0, 0.05) is 6.20 Å². The molecule has 7 heteroatoms. The summed E-state index contributed by atoms with van der Waals surface area (Å²) in [6.45, 7) is 1.21. The molecule has 0 aliphatic carbocycles. The molecule has 1 fully saturated rings. The van der Waals surface area contributed by atoms with Crippen LogP contribution in [0.15, 0.2) is 6.20 Å². The summed E-state index contributed by atoms with van der Waals surface area (Å²) in [7, 11) is 0. The molecule has 2 N–H and O–H groups in total. The highest BCUT2D eigenvalue weighted by atomic mass is 32.1. The van der Waals surface area contributed by atoms with Crippen LogP contribution in [0.3, 0.4) is 0 Å². The summed E-state index contributed by atoms with van der Waals surface area (Å²) in [6, 6.07) is 0. The fourth-order valence-corrected chi connectivity index (χ4v) is 2.64. The van der Waals surface area contributed by atoms with Crippen LogP contribution in [0.2, 0.25) is 0 Å². The summed E-state index contributed by atoms with van der Waals surface area (Å²) >= 11 is 0.531. The van der Waals surface area contributed by atoms with Crippen molar-refractivity contribution < 1.29 is 18.3 Å². The Hall–Kier alpha value is -0.660. The number of aliphatic hydroxyl groups is 1. The van der Waals surface area contributed by atoms with Gasteiger partial charge < -0.3 is 10.4 Å². The molecule has 1 aliphatic heterocycles. The third-order valence-corrected chi connectivity index (χ3v) is 3.87. The van der Waals surface area contributed by atoms with Crippen molar-refractivity contribution in [2.75, 3.05) is 13.1 Å². The molecule has 0 unspecified atom stereocenters. The predicted octanol–water partition coefficient (Wildman–Crippen LogP) is 1.73. The Morgan fingerprint density at radius 2 is 2.00 bits per heavy atom. The molecule has 0 radical (unpaired) electrons. The highest BCUT2D eigenvalue weighted by Gasteiger charge is 2.39. The number of halogens is 3. The highest BCUT2D eigenvalue weighted by molar-refractivity contribution is 7.11. The quantitative estimate of drug-likeness (QED) is 0.800. The third kappa shape index (κ3) is 2.21. The molecule has 0 atom stereocenters. The predicted molar refractivity (Wildman–Crippen MR) is 53.1 cm³/mol. The second-order valence-corrected chi connectivity index (χ2v) is 4.84. The van der Waals surface area contributed by atoms with E-state index in [0.717, 1.165) is 6.20 Å². The van der Waals surface area contributed by atoms with E-state index in [1.165, 1.54) is 0 Å². The lowest BCUT2D eigenvalue weighted by molar-refractivity contribution is -0.137. The Bertz CT molecular complexity index is 371. The van der Waals surface area contributed by atoms with E-state index in [9.17, 15) is 18.3 Å². The van der Waals surface area contributed by atoms with Crippen molar-refractivity contribution in [1.82, 2.24) is 10.3 Å². The van der Waals surface area contributed by atoms with E-state index >= 15 is 0 Å². The second kappa shape index (κ2) is 3.97. The van der Waals surface area contributed by atoms with Crippen molar-refractivity contribution >= 4 is 11.3 Å². The zero-order chi connectivity index (χ0) is 11.8. The van der Waals surface area contributed by atoms with Crippen LogP contribution >= 0.6 is 11.3 Å². The number of thiazole rings is 1. The standard InChI is InChI=1S/C9H11F3N2OS/c10-9(11,12)7-14-5-6(16-7)8(15)1-3-13-4-2-8/h5,13,15H,1-4H2. The van der Waals surface area contributed by atoms with Gasteiger partial charge in [0.05, 0.1) is 4.88 Å². The maximum atomic E-state index is 12.3. The zero-order valence-electron chi connectivity index (χ0n) is 8.34. The molecule has 0 amide bonds. The molecule has 1 aliphatic rings. The van der Waals surface area contributed by atoms with Gasteiger partial charge in [-0.2, -0.15) is 13.2 Å². The molecule has 1 aromatic rings. The van der Waals surface area contributed by atoms with Crippen LogP contribution in [0.1, 0.15) is 22.7 Å². The molecule has 1 saturated heterocycles. The molecule has 0 saturated carbocycles. The molecule has 1 aromatic heterocycles. The number of hydrogen-bond donors (Lipinski definition) is 2. The van der Waals surface area contributed by atoms with Gasteiger partial charge in [0.2, 0.25) is 0 Å². The van der Waals surface area contributed by atoms with E-state index < -0.39 is 16.8 Å². The summed E-state index contributed by atoms with van der Waals surface area (Å²) in [5, 5.41) is 12.3. The Labute approximate surface area is 94.3 Å². The monoisotopic (exact) mass is 252 g/mol. The molecule has 2 rings (SSSR count). The summed E-state index contributed by atoms with van der Waals surface area (Å²) in [6.07, 6.45) is -2.44. The van der Waals surface area contributed by atoms with Crippen LogP contribution in [0.5, 0.6) is 0 Å². The van der Waals surface area contributed by atoms with Crippen molar-refractivity contribution in [2.45, 2.75) is 24.6 Å². The second-order valence-electron chi connectivity index (χ2n) is 3.81. The number of nitrogens with one attached hydrogen (secondary N) is 1. The normalized spacial score (nSPS) is 21.0. The van der Waals surface area contributed by atoms with Gasteiger partial charge in [-0.3, -0.25) is 0 Å². The van der Waals surface area contributed by atoms with E-state index in [-0.39, 0.29) is 0 Å². The molecule has 0 spiro atoms. The van der Waals surface area contributed by atoms with Crippen LogP contribution < -0.4 is 5.32 Å². The largest absolute Gasteiger partial charge is 0.443 e. The van der Waals surface area contributed by atoms with Crippen molar-refractivity contribution in [3.8, 4) is 0 Å². The lowest BCUT2D eigenvalue weighted by Crippen LogP contribution is -2.39. The van der Waals surface area contributed by atoms with Crippen molar-refractivity contribution in [3.63, 3.8) is 0 Å². The Morgan fingerprint density at radius 1 is 1.38 bits per heavy atom. The smallest absolute Gasteiger partial charge is 0.384 e. The molecule has 3 nitrogen and oxygen atoms in total. The number of alkyl halides is 3. The van der Waals surface area contributed by atoms with Crippen molar-refractivity contribution in [2.24, 2.45) is 0 Å². The fourth-order valence-electron chi connectivity index (χ4n) is 1.71. The number of rotatable bonds is 1. The highest BCUT2D eigenvalue weighted by Crippen LogP contribution is 2.39. The van der Waals surface area contributed by atoms with E-state index in [1.54, 1.807) is 0 Å². The van der Waals surface area contributed by atoms with Gasteiger partial charge in [-0.25, -0.2) is 4.98 Å². The van der Waals surface area contributed by atoms with E-state index in [4.69, 9.17) is 0 Å². The average molecular weight is 252 g/mol. The molecule has 0 aromatic carbocycles. The van der Waals surface area contributed by atoms with Gasteiger partial charge in [0.15, 0.2) is 5.01 Å². The molecular weight excluding hydrogens is 241 g/mol. The molecule has 2 heterocycles. The number of aromatic nitrogens is 1. The summed E-state index contributed by atoms with van der Waals surface area (Å²) in [5.74, 6) is 0. The minimum absolute atomic E-state index is 0.307. The van der Waals surface area contributed by atoms with Crippen LogP contribution in [-0.4, -0.2) is 23.2 Å². The first-order chi connectivity index (χ1) is 7.42. The van der Waals surface area contributed by atoms with Crippen molar-refractivity contribution in [3.05, 3.63) is 16.1 Å². The topological polar surface area (TPSA) is 45.2 Å². The minimum Gasteiger partial charge on any atom is -0.384 e. The molecule has 0 bridgehead atoms. The molecular formula is C9H11F3N2OS. The maximum absolute atomic E-state index is 12.3. The first-order valence-corrected chi connectivity index (χ1v) is 5.70. The van der Waals surface area contributed by atoms with Crippen LogP contribution in [0.25, 0.3) is 0 Å². The first-order valence-electron chi connectivity index (χ1n) is 4.88. The van der Waals surface area contributed by atoms with Gasteiger partial charge in [0.1, 0.15) is 5.60 Å². The van der Waals surface area contributed by atoms with Gasteiger partial charge in [-0.05, 0) is 25.9 Å². The SMILES string of the molecule is OC1(c2cnc(C(F)(F)F)s2)CCNCC1. The van der Waals surface area contributed by atoms with Gasteiger partial charge in [-0.15, -0.1) is 11.3 Å². The number of hydrogen-bond acceptors (Lipinski definition) is 4. The van der Waals surface area contributed by atoms with E-state index in [2.05, 4.69) is 10.3 Å². The van der Waals surface area contributed by atoms with Gasteiger partial charge in [-0.1, -0.05) is 0 Å². The van der Waals surface area contributed by atoms with E-state index in [0.29, 0.717) is 42.1 Å². The number of nitrogens with zero attached hydrogens (tertiary/aromatic N) is 1. The lowest BCUT2D eigenvalue weighted by atomic mass is 9.91. The van der Waals surface area contributed by atoms with Gasteiger partial charge in [0.25, 0.3) is 0 Å². The third-order valence-electron chi connectivity index (χ3n) is 2.64. The maximum Gasteiger partial charge on any atom is 0.443 e. The first kappa shape index (κ1) is 11.8. The minimum atomic E-state index is -4.42. The van der Waals surface area contributed by atoms with Crippen LogP contribution in [0.4, 0.5) is 13.2 Å². The summed E-state index contributed by atoms with van der Waals surface area (Å²) < 4.78 is 37.0. The Balaban J connectivity index is 2.24. The van der Waals surface area contributed by atoms with E-state index in [1.807, 2.05) is 0 Å². The number of piperidine rings is 1. The summed E-state index contributed by atoms with van der Waals surface area (Å²) in [5.41, 5.74) is -1.15. The lowest BCUT2D eigenvalue weighted by Gasteiger charge is -2.31. The summed E-state index contributed by atoms with van der Waals surface area (Å²) in [4.78, 5) is 3.63. The van der Waals surface area contributed by atoms with Crippen LogP contribution in [-0.2, 0) is 11.8 Å². The van der Waals surface area contributed by atoms with Gasteiger partial charge >= 0.3 is 6.18 Å². The Kier molecular flexibility index (Phi) is 2.93. The Morgan fingerprint density at radius 3 is 2.50 bits per heavy atom. The average Bonchev–Trinajstić information content (AvgIpc) is 2.67. The van der Waals surface area contributed by atoms with Crippen molar-refractivity contribution in [1.29, 1.82) is 0 Å². The zero-order valence-corrected chi connectivity index (χ0v) is 9.16. The molecule has 16 heavy (non-hydrogen) atoms.